The monoisotopic (exact) mass is 636 g/mol. The molecule has 3 saturated heterocycles. The Morgan fingerprint density at radius 2 is 1.69 bits per heavy atom. The molecule has 6 rings (SSSR count). The molecule has 1 aromatic heterocycles. The third kappa shape index (κ3) is 6.65. The minimum absolute atomic E-state index is 0.0124. The molecule has 3 aliphatic heterocycles. The standard InChI is InChI=1S/C34H45FN6O3S/c1-34(2,3)14-17-40-31(43)28(45-32(40)24-8-7-9-25(35)30(24)39-20-18-37(4)19-21-39)22-29(42)38-15-12-23(13-16-38)41-27-11-6-5-10-26(27)36-33(41)44/h5-11,23,28,32H,12-22H2,1-4H3,(H,36,44). The number of halogens is 1. The van der Waals surface area contributed by atoms with Crippen LogP contribution in [-0.4, -0.2) is 94.2 Å². The number of benzene rings is 2. The first-order chi connectivity index (χ1) is 21.5. The highest BCUT2D eigenvalue weighted by Gasteiger charge is 2.44. The third-order valence-corrected chi connectivity index (χ3v) is 11.0. The number of piperidine rings is 1. The maximum atomic E-state index is 15.5. The van der Waals surface area contributed by atoms with E-state index in [0.29, 0.717) is 38.2 Å². The first-order valence-electron chi connectivity index (χ1n) is 16.1. The van der Waals surface area contributed by atoms with Gasteiger partial charge in [-0.2, -0.15) is 0 Å². The van der Waals surface area contributed by atoms with Gasteiger partial charge in [-0.15, -0.1) is 11.8 Å². The topological polar surface area (TPSA) is 84.9 Å². The zero-order chi connectivity index (χ0) is 31.9. The summed E-state index contributed by atoms with van der Waals surface area (Å²) in [5, 5.41) is -0.887. The van der Waals surface area contributed by atoms with Crippen molar-refractivity contribution in [2.45, 2.75) is 63.1 Å². The highest BCUT2D eigenvalue weighted by Crippen LogP contribution is 2.48. The molecular formula is C34H45FN6O3S. The summed E-state index contributed by atoms with van der Waals surface area (Å²) in [4.78, 5) is 51.4. The first kappa shape index (κ1) is 31.7. The van der Waals surface area contributed by atoms with Crippen LogP contribution in [-0.2, 0) is 9.59 Å². The maximum absolute atomic E-state index is 15.5. The number of aromatic amines is 1. The van der Waals surface area contributed by atoms with E-state index in [-0.39, 0.29) is 46.6 Å². The number of nitrogens with one attached hydrogen (secondary N) is 1. The zero-order valence-corrected chi connectivity index (χ0v) is 27.6. The second-order valence-electron chi connectivity index (χ2n) is 13.9. The number of amides is 2. The highest BCUT2D eigenvalue weighted by molar-refractivity contribution is 8.01. The molecule has 0 saturated carbocycles. The molecule has 242 valence electrons. The third-order valence-electron chi connectivity index (χ3n) is 9.51. The van der Waals surface area contributed by atoms with Crippen molar-refractivity contribution in [1.29, 1.82) is 0 Å². The maximum Gasteiger partial charge on any atom is 0.326 e. The number of para-hydroxylation sites is 3. The van der Waals surface area contributed by atoms with Crippen LogP contribution in [0.3, 0.4) is 0 Å². The number of carbonyl (C=O) groups excluding carboxylic acids is 2. The minimum atomic E-state index is -0.528. The van der Waals surface area contributed by atoms with Gasteiger partial charge in [0.2, 0.25) is 11.8 Å². The molecule has 45 heavy (non-hydrogen) atoms. The molecule has 1 N–H and O–H groups in total. The van der Waals surface area contributed by atoms with Crippen molar-refractivity contribution in [2.75, 3.05) is 57.8 Å². The van der Waals surface area contributed by atoms with Crippen molar-refractivity contribution in [3.8, 4) is 0 Å². The van der Waals surface area contributed by atoms with Crippen LogP contribution in [0.25, 0.3) is 11.0 Å². The number of H-pyrrole nitrogens is 1. The molecule has 3 aromatic rings. The van der Waals surface area contributed by atoms with Crippen LogP contribution in [0.1, 0.15) is 63.4 Å². The van der Waals surface area contributed by atoms with E-state index < -0.39 is 5.25 Å². The van der Waals surface area contributed by atoms with Gasteiger partial charge in [-0.3, -0.25) is 14.2 Å². The summed E-state index contributed by atoms with van der Waals surface area (Å²) < 4.78 is 17.3. The van der Waals surface area contributed by atoms with Gasteiger partial charge in [0.15, 0.2) is 0 Å². The van der Waals surface area contributed by atoms with Crippen molar-refractivity contribution in [3.63, 3.8) is 0 Å². The summed E-state index contributed by atoms with van der Waals surface area (Å²) in [7, 11) is 2.07. The van der Waals surface area contributed by atoms with Gasteiger partial charge < -0.3 is 24.6 Å². The SMILES string of the molecule is CN1CCN(c2c(F)cccc2C2SC(CC(=O)N3CCC(n4c(=O)[nH]c5ccccc54)CC3)C(=O)N2CCC(C)(C)C)CC1. The van der Waals surface area contributed by atoms with Crippen LogP contribution in [0.2, 0.25) is 0 Å². The van der Waals surface area contributed by atoms with E-state index in [0.717, 1.165) is 49.2 Å². The van der Waals surface area contributed by atoms with E-state index in [4.69, 9.17) is 0 Å². The van der Waals surface area contributed by atoms with Gasteiger partial charge in [0.1, 0.15) is 11.2 Å². The number of aromatic nitrogens is 2. The van der Waals surface area contributed by atoms with Crippen LogP contribution in [0, 0.1) is 11.2 Å². The Balaban J connectivity index is 1.18. The lowest BCUT2D eigenvalue weighted by atomic mass is 9.92. The van der Waals surface area contributed by atoms with Crippen LogP contribution in [0.5, 0.6) is 0 Å². The van der Waals surface area contributed by atoms with Gasteiger partial charge >= 0.3 is 5.69 Å². The number of hydrogen-bond acceptors (Lipinski definition) is 6. The molecule has 4 heterocycles. The van der Waals surface area contributed by atoms with Gasteiger partial charge in [-0.25, -0.2) is 9.18 Å². The van der Waals surface area contributed by atoms with Gasteiger partial charge in [-0.1, -0.05) is 45.0 Å². The van der Waals surface area contributed by atoms with E-state index in [1.54, 1.807) is 6.07 Å². The average Bonchev–Trinajstić information content (AvgIpc) is 3.51. The van der Waals surface area contributed by atoms with Crippen molar-refractivity contribution in [2.24, 2.45) is 5.41 Å². The molecule has 0 bridgehead atoms. The summed E-state index contributed by atoms with van der Waals surface area (Å²) in [5.41, 5.74) is 2.99. The molecule has 0 aliphatic carbocycles. The highest BCUT2D eigenvalue weighted by atomic mass is 32.2. The normalized spacial score (nSPS) is 22.2. The second-order valence-corrected chi connectivity index (χ2v) is 15.2. The Labute approximate surface area is 268 Å². The fraction of sp³-hybridized carbons (Fsp3) is 0.559. The fourth-order valence-corrected chi connectivity index (χ4v) is 8.34. The van der Waals surface area contributed by atoms with E-state index >= 15 is 4.39 Å². The number of rotatable bonds is 7. The lowest BCUT2D eigenvalue weighted by molar-refractivity contribution is -0.136. The number of hydrogen-bond donors (Lipinski definition) is 1. The molecular weight excluding hydrogens is 591 g/mol. The van der Waals surface area contributed by atoms with Crippen LogP contribution in [0.4, 0.5) is 10.1 Å². The average molecular weight is 637 g/mol. The van der Waals surface area contributed by atoms with E-state index in [2.05, 4.69) is 42.6 Å². The van der Waals surface area contributed by atoms with E-state index in [9.17, 15) is 14.4 Å². The largest absolute Gasteiger partial charge is 0.366 e. The number of nitrogens with zero attached hydrogens (tertiary/aromatic N) is 5. The Kier molecular flexibility index (Phi) is 9.03. The fourth-order valence-electron chi connectivity index (χ4n) is 6.84. The number of carbonyl (C=O) groups is 2. The number of likely N-dealkylation sites (tertiary alicyclic amines) is 1. The molecule has 2 aromatic carbocycles. The molecule has 3 aliphatic rings. The Hall–Kier alpha value is -3.31. The number of thioether (sulfide) groups is 1. The number of likely N-dealkylation sites (N-methyl/N-ethyl adjacent to an activating group) is 1. The van der Waals surface area contributed by atoms with Crippen molar-refractivity contribution in [3.05, 3.63) is 64.3 Å². The number of fused-ring (bicyclic) bond motifs is 1. The minimum Gasteiger partial charge on any atom is -0.366 e. The van der Waals surface area contributed by atoms with Gasteiger partial charge in [-0.05, 0) is 49.9 Å². The smallest absolute Gasteiger partial charge is 0.326 e. The molecule has 2 amide bonds. The lowest BCUT2D eigenvalue weighted by Crippen LogP contribution is -2.45. The Morgan fingerprint density at radius 3 is 2.40 bits per heavy atom. The second kappa shape index (κ2) is 12.8. The zero-order valence-electron chi connectivity index (χ0n) is 26.8. The van der Waals surface area contributed by atoms with Crippen LogP contribution >= 0.6 is 11.8 Å². The first-order valence-corrected chi connectivity index (χ1v) is 17.1. The van der Waals surface area contributed by atoms with Crippen LogP contribution < -0.4 is 10.6 Å². The molecule has 0 spiro atoms. The van der Waals surface area contributed by atoms with Gasteiger partial charge in [0.05, 0.1) is 22.0 Å². The Bertz CT molecular complexity index is 1600. The predicted molar refractivity (Wildman–Crippen MR) is 178 cm³/mol. The summed E-state index contributed by atoms with van der Waals surface area (Å²) in [6.07, 6.45) is 2.27. The van der Waals surface area contributed by atoms with E-state index in [1.807, 2.05) is 44.7 Å². The molecule has 11 heteroatoms. The Morgan fingerprint density at radius 1 is 0.978 bits per heavy atom. The number of anilines is 1. The van der Waals surface area contributed by atoms with Gasteiger partial charge in [0, 0.05) is 63.8 Å². The molecule has 3 fully saturated rings. The van der Waals surface area contributed by atoms with E-state index in [1.165, 1.54) is 17.8 Å². The summed E-state index contributed by atoms with van der Waals surface area (Å²) in [6.45, 7) is 11.2. The predicted octanol–water partition coefficient (Wildman–Crippen LogP) is 4.85. The van der Waals surface area contributed by atoms with Crippen LogP contribution in [0.15, 0.2) is 47.3 Å². The van der Waals surface area contributed by atoms with Gasteiger partial charge in [0.25, 0.3) is 0 Å². The molecule has 9 nitrogen and oxygen atoms in total. The summed E-state index contributed by atoms with van der Waals surface area (Å²) in [6, 6.07) is 12.9. The number of imidazole rings is 1. The van der Waals surface area contributed by atoms with Crippen molar-refractivity contribution in [1.82, 2.24) is 24.3 Å². The summed E-state index contributed by atoms with van der Waals surface area (Å²) >= 11 is 1.49. The molecule has 2 atom stereocenters. The molecule has 0 radical (unpaired) electrons. The molecule has 2 unspecified atom stereocenters. The van der Waals surface area contributed by atoms with Crippen molar-refractivity contribution >= 4 is 40.3 Å². The summed E-state index contributed by atoms with van der Waals surface area (Å²) in [5.74, 6) is -0.352. The van der Waals surface area contributed by atoms with Crippen molar-refractivity contribution < 1.29 is 14.0 Å². The quantitative estimate of drug-likeness (QED) is 0.399. The number of piperazine rings is 1. The lowest BCUT2D eigenvalue weighted by Gasteiger charge is -2.37.